The Hall–Kier alpha value is -2.10. The number of aliphatic carboxylic acids is 1. The fourth-order valence-electron chi connectivity index (χ4n) is 2.02. The monoisotopic (exact) mass is 258 g/mol. The van der Waals surface area contributed by atoms with Gasteiger partial charge in [0.2, 0.25) is 0 Å². The summed E-state index contributed by atoms with van der Waals surface area (Å²) >= 11 is 0. The van der Waals surface area contributed by atoms with Gasteiger partial charge >= 0.3 is 5.97 Å². The first kappa shape index (κ1) is 13.3. The summed E-state index contributed by atoms with van der Waals surface area (Å²) in [6, 6.07) is 10.9. The second-order valence-corrected chi connectivity index (χ2v) is 5.05. The maximum atomic E-state index is 11.2. The van der Waals surface area contributed by atoms with Gasteiger partial charge < -0.3 is 10.4 Å². The summed E-state index contributed by atoms with van der Waals surface area (Å²) in [6.07, 6.45) is 0.573. The van der Waals surface area contributed by atoms with E-state index in [2.05, 4.69) is 10.3 Å². The topological polar surface area (TPSA) is 62.2 Å². The van der Waals surface area contributed by atoms with E-state index in [0.717, 1.165) is 10.9 Å². The van der Waals surface area contributed by atoms with E-state index in [1.165, 1.54) is 0 Å². The van der Waals surface area contributed by atoms with E-state index in [9.17, 15) is 9.90 Å². The standard InChI is InChI=1S/C15H18N2O2/c1-10(2)9-13(15(18)19)17-14-8-7-11-5-3-4-6-12(11)16-14/h3-8,10,13H,9H2,1-2H3,(H,16,17)(H,18,19)/t13-/m0/s1. The SMILES string of the molecule is CC(C)C[C@H](Nc1ccc2ccccc2n1)C(=O)O. The van der Waals surface area contributed by atoms with Crippen LogP contribution in [0, 0.1) is 5.92 Å². The highest BCUT2D eigenvalue weighted by molar-refractivity contribution is 5.81. The highest BCUT2D eigenvalue weighted by atomic mass is 16.4. The molecule has 0 aliphatic carbocycles. The van der Waals surface area contributed by atoms with Crippen LogP contribution in [0.5, 0.6) is 0 Å². The molecule has 19 heavy (non-hydrogen) atoms. The van der Waals surface area contributed by atoms with Crippen LogP contribution < -0.4 is 5.32 Å². The summed E-state index contributed by atoms with van der Waals surface area (Å²) in [4.78, 5) is 15.6. The lowest BCUT2D eigenvalue weighted by Gasteiger charge is -2.17. The molecule has 2 aromatic rings. The third kappa shape index (κ3) is 3.44. The molecular weight excluding hydrogens is 240 g/mol. The van der Waals surface area contributed by atoms with Gasteiger partial charge in [0, 0.05) is 5.39 Å². The molecule has 0 amide bonds. The van der Waals surface area contributed by atoms with Gasteiger partial charge in [0.05, 0.1) is 5.52 Å². The molecular formula is C15H18N2O2. The fourth-order valence-corrected chi connectivity index (χ4v) is 2.02. The number of benzene rings is 1. The van der Waals surface area contributed by atoms with Crippen molar-refractivity contribution >= 4 is 22.7 Å². The van der Waals surface area contributed by atoms with Crippen LogP contribution in [-0.2, 0) is 4.79 Å². The van der Waals surface area contributed by atoms with E-state index < -0.39 is 12.0 Å². The zero-order valence-electron chi connectivity index (χ0n) is 11.1. The van der Waals surface area contributed by atoms with E-state index in [1.807, 2.05) is 50.2 Å². The van der Waals surface area contributed by atoms with Crippen LogP contribution >= 0.6 is 0 Å². The average Bonchev–Trinajstić information content (AvgIpc) is 2.37. The predicted molar refractivity (Wildman–Crippen MR) is 76.2 cm³/mol. The maximum Gasteiger partial charge on any atom is 0.326 e. The Bertz CT molecular complexity index is 581. The molecule has 1 aromatic carbocycles. The molecule has 0 saturated heterocycles. The molecule has 1 atom stereocenters. The highest BCUT2D eigenvalue weighted by Crippen LogP contribution is 2.17. The van der Waals surface area contributed by atoms with Crippen molar-refractivity contribution < 1.29 is 9.90 Å². The first-order chi connectivity index (χ1) is 9.06. The number of anilines is 1. The molecule has 100 valence electrons. The zero-order valence-corrected chi connectivity index (χ0v) is 11.1. The van der Waals surface area contributed by atoms with Crippen LogP contribution in [0.2, 0.25) is 0 Å². The Balaban J connectivity index is 2.21. The van der Waals surface area contributed by atoms with Gasteiger partial charge in [-0.25, -0.2) is 9.78 Å². The molecule has 0 aliphatic heterocycles. The average molecular weight is 258 g/mol. The van der Waals surface area contributed by atoms with Crippen molar-refractivity contribution in [3.05, 3.63) is 36.4 Å². The number of aromatic nitrogens is 1. The van der Waals surface area contributed by atoms with Gasteiger partial charge in [-0.3, -0.25) is 0 Å². The first-order valence-corrected chi connectivity index (χ1v) is 6.41. The van der Waals surface area contributed by atoms with E-state index in [1.54, 1.807) is 0 Å². The molecule has 4 heteroatoms. The summed E-state index contributed by atoms with van der Waals surface area (Å²) in [6.45, 7) is 4.01. The minimum absolute atomic E-state index is 0.314. The molecule has 0 aliphatic rings. The molecule has 2 N–H and O–H groups in total. The zero-order chi connectivity index (χ0) is 13.8. The Morgan fingerprint density at radius 3 is 2.68 bits per heavy atom. The number of fused-ring (bicyclic) bond motifs is 1. The lowest BCUT2D eigenvalue weighted by molar-refractivity contribution is -0.138. The largest absolute Gasteiger partial charge is 0.480 e. The van der Waals surface area contributed by atoms with Crippen molar-refractivity contribution in [1.29, 1.82) is 0 Å². The maximum absolute atomic E-state index is 11.2. The number of nitrogens with zero attached hydrogens (tertiary/aromatic N) is 1. The molecule has 4 nitrogen and oxygen atoms in total. The van der Waals surface area contributed by atoms with Crippen molar-refractivity contribution in [2.45, 2.75) is 26.3 Å². The van der Waals surface area contributed by atoms with Crippen molar-refractivity contribution in [2.24, 2.45) is 5.92 Å². The van der Waals surface area contributed by atoms with Gasteiger partial charge in [0.25, 0.3) is 0 Å². The van der Waals surface area contributed by atoms with Gasteiger partial charge in [-0.1, -0.05) is 32.0 Å². The third-order valence-corrected chi connectivity index (χ3v) is 2.93. The number of hydrogen-bond acceptors (Lipinski definition) is 3. The van der Waals surface area contributed by atoms with Crippen LogP contribution in [0.1, 0.15) is 20.3 Å². The molecule has 0 radical (unpaired) electrons. The van der Waals surface area contributed by atoms with Crippen LogP contribution in [0.3, 0.4) is 0 Å². The minimum atomic E-state index is -0.844. The smallest absolute Gasteiger partial charge is 0.326 e. The van der Waals surface area contributed by atoms with Crippen LogP contribution in [-0.4, -0.2) is 22.1 Å². The van der Waals surface area contributed by atoms with E-state index in [4.69, 9.17) is 0 Å². The second kappa shape index (κ2) is 5.69. The lowest BCUT2D eigenvalue weighted by atomic mass is 10.0. The third-order valence-electron chi connectivity index (χ3n) is 2.93. The molecule has 1 aromatic heterocycles. The van der Waals surface area contributed by atoms with Crippen LogP contribution in [0.25, 0.3) is 10.9 Å². The van der Waals surface area contributed by atoms with Crippen molar-refractivity contribution in [3.63, 3.8) is 0 Å². The van der Waals surface area contributed by atoms with Crippen molar-refractivity contribution in [1.82, 2.24) is 4.98 Å². The van der Waals surface area contributed by atoms with Crippen molar-refractivity contribution in [3.8, 4) is 0 Å². The molecule has 0 spiro atoms. The Morgan fingerprint density at radius 2 is 2.00 bits per heavy atom. The van der Waals surface area contributed by atoms with Gasteiger partial charge in [0.15, 0.2) is 0 Å². The van der Waals surface area contributed by atoms with Gasteiger partial charge in [0.1, 0.15) is 11.9 Å². The van der Waals surface area contributed by atoms with Gasteiger partial charge in [-0.2, -0.15) is 0 Å². The number of carboxylic acids is 1. The van der Waals surface area contributed by atoms with E-state index in [-0.39, 0.29) is 0 Å². The van der Waals surface area contributed by atoms with Crippen LogP contribution in [0.4, 0.5) is 5.82 Å². The molecule has 0 bridgehead atoms. The normalized spacial score (nSPS) is 12.6. The van der Waals surface area contributed by atoms with Crippen LogP contribution in [0.15, 0.2) is 36.4 Å². The molecule has 0 unspecified atom stereocenters. The van der Waals surface area contributed by atoms with E-state index in [0.29, 0.717) is 18.2 Å². The predicted octanol–water partition coefficient (Wildman–Crippen LogP) is 3.15. The number of carbonyl (C=O) groups is 1. The number of carboxylic acid groups (broad SMARTS) is 1. The van der Waals surface area contributed by atoms with Gasteiger partial charge in [-0.15, -0.1) is 0 Å². The minimum Gasteiger partial charge on any atom is -0.480 e. The summed E-state index contributed by atoms with van der Waals surface area (Å²) in [5.41, 5.74) is 0.862. The summed E-state index contributed by atoms with van der Waals surface area (Å²) in [5.74, 6) is 0.0736. The fraction of sp³-hybridized carbons (Fsp3) is 0.333. The Kier molecular flexibility index (Phi) is 4.00. The Morgan fingerprint density at radius 1 is 1.26 bits per heavy atom. The van der Waals surface area contributed by atoms with Gasteiger partial charge in [-0.05, 0) is 30.5 Å². The number of pyridine rings is 1. The van der Waals surface area contributed by atoms with Crippen molar-refractivity contribution in [2.75, 3.05) is 5.32 Å². The van der Waals surface area contributed by atoms with E-state index >= 15 is 0 Å². The summed E-state index contributed by atoms with van der Waals surface area (Å²) in [5, 5.41) is 13.2. The summed E-state index contributed by atoms with van der Waals surface area (Å²) in [7, 11) is 0. The lowest BCUT2D eigenvalue weighted by Crippen LogP contribution is -2.31. The molecule has 0 saturated carbocycles. The molecule has 0 fully saturated rings. The molecule has 2 rings (SSSR count). The number of nitrogens with one attached hydrogen (secondary N) is 1. The molecule has 1 heterocycles. The highest BCUT2D eigenvalue weighted by Gasteiger charge is 2.18. The Labute approximate surface area is 112 Å². The summed E-state index contributed by atoms with van der Waals surface area (Å²) < 4.78 is 0. The number of hydrogen-bond donors (Lipinski definition) is 2. The quantitative estimate of drug-likeness (QED) is 0.864. The second-order valence-electron chi connectivity index (χ2n) is 5.05. The number of para-hydroxylation sites is 1. The number of rotatable bonds is 5. The first-order valence-electron chi connectivity index (χ1n) is 6.41.